The lowest BCUT2D eigenvalue weighted by Gasteiger charge is -2.26. The summed E-state index contributed by atoms with van der Waals surface area (Å²) >= 11 is 0. The maximum Gasteiger partial charge on any atom is 0.337 e. The monoisotopic (exact) mass is 287 g/mol. The van der Waals surface area contributed by atoms with E-state index in [1.54, 1.807) is 0 Å². The Morgan fingerprint density at radius 1 is 1.38 bits per heavy atom. The minimum Gasteiger partial charge on any atom is -0.465 e. The van der Waals surface area contributed by atoms with Crippen LogP contribution in [0.4, 0.5) is 5.69 Å². The van der Waals surface area contributed by atoms with E-state index in [-0.39, 0.29) is 5.97 Å². The van der Waals surface area contributed by atoms with Gasteiger partial charge in [-0.15, -0.1) is 0 Å². The highest BCUT2D eigenvalue weighted by Gasteiger charge is 2.18. The Hall–Kier alpha value is -1.77. The van der Waals surface area contributed by atoms with E-state index in [0.717, 1.165) is 24.2 Å². The van der Waals surface area contributed by atoms with Gasteiger partial charge in [-0.3, -0.25) is 0 Å². The number of rotatable bonds is 4. The summed E-state index contributed by atoms with van der Waals surface area (Å²) in [5.74, 6) is 1.03. The van der Waals surface area contributed by atoms with Crippen LogP contribution in [0.1, 0.15) is 42.6 Å². The van der Waals surface area contributed by atoms with Crippen molar-refractivity contribution < 1.29 is 9.53 Å². The minimum atomic E-state index is -0.289. The highest BCUT2D eigenvalue weighted by molar-refractivity contribution is 5.90. The largest absolute Gasteiger partial charge is 0.465 e. The molecule has 0 spiro atoms. The van der Waals surface area contributed by atoms with Gasteiger partial charge in [0.15, 0.2) is 0 Å². The fourth-order valence-electron chi connectivity index (χ4n) is 3.15. The third-order valence-electron chi connectivity index (χ3n) is 4.12. The highest BCUT2D eigenvalue weighted by atomic mass is 16.5. The first-order valence-corrected chi connectivity index (χ1v) is 7.59. The Morgan fingerprint density at radius 2 is 2.14 bits per heavy atom. The summed E-state index contributed by atoms with van der Waals surface area (Å²) in [7, 11) is 1.41. The lowest BCUT2D eigenvalue weighted by atomic mass is 9.83. The summed E-state index contributed by atoms with van der Waals surface area (Å²) in [6, 6.07) is 5.65. The molecule has 3 nitrogen and oxygen atoms in total. The minimum absolute atomic E-state index is 0.289. The van der Waals surface area contributed by atoms with Crippen LogP contribution in [-0.4, -0.2) is 19.6 Å². The van der Waals surface area contributed by atoms with Crippen LogP contribution >= 0.6 is 0 Å². The Kier molecular flexibility index (Phi) is 5.05. The van der Waals surface area contributed by atoms with Crippen molar-refractivity contribution in [3.8, 4) is 0 Å². The van der Waals surface area contributed by atoms with Gasteiger partial charge >= 0.3 is 5.97 Å². The zero-order valence-electron chi connectivity index (χ0n) is 13.4. The number of carbonyl (C=O) groups excluding carboxylic acids is 1. The van der Waals surface area contributed by atoms with E-state index >= 15 is 0 Å². The molecule has 1 N–H and O–H groups in total. The van der Waals surface area contributed by atoms with Gasteiger partial charge in [-0.05, 0) is 56.2 Å². The Balaban J connectivity index is 2.03. The first kappa shape index (κ1) is 15.6. The number of anilines is 1. The molecule has 0 aliphatic heterocycles. The first-order chi connectivity index (χ1) is 9.99. The van der Waals surface area contributed by atoms with Crippen molar-refractivity contribution in [1.29, 1.82) is 0 Å². The molecule has 0 bridgehead atoms. The van der Waals surface area contributed by atoms with Crippen LogP contribution in [-0.2, 0) is 4.74 Å². The van der Waals surface area contributed by atoms with Crippen LogP contribution in [0.3, 0.4) is 0 Å². The van der Waals surface area contributed by atoms with Crippen molar-refractivity contribution in [2.75, 3.05) is 19.0 Å². The van der Waals surface area contributed by atoms with Crippen LogP contribution in [0.25, 0.3) is 0 Å². The average Bonchev–Trinajstić information content (AvgIpc) is 2.44. The van der Waals surface area contributed by atoms with Crippen molar-refractivity contribution >= 4 is 11.7 Å². The standard InChI is InChI=1S/C18H25NO2/c1-12-7-13(2)9-15(8-12)11-19-17-10-16(18(20)21-4)6-5-14(17)3/h5-7,10,12,15,19H,8-9,11H2,1-4H3. The molecular formula is C18H25NO2. The van der Waals surface area contributed by atoms with Gasteiger partial charge in [-0.1, -0.05) is 24.6 Å². The second-order valence-corrected chi connectivity index (χ2v) is 6.20. The number of hydrogen-bond donors (Lipinski definition) is 1. The van der Waals surface area contributed by atoms with E-state index in [0.29, 0.717) is 17.4 Å². The maximum absolute atomic E-state index is 11.6. The molecule has 0 aromatic heterocycles. The van der Waals surface area contributed by atoms with Crippen LogP contribution in [0.15, 0.2) is 29.8 Å². The number of aryl methyl sites for hydroxylation is 1. The molecule has 114 valence electrons. The maximum atomic E-state index is 11.6. The molecule has 0 amide bonds. The molecule has 0 radical (unpaired) electrons. The van der Waals surface area contributed by atoms with E-state index in [4.69, 9.17) is 4.74 Å². The third-order valence-corrected chi connectivity index (χ3v) is 4.12. The van der Waals surface area contributed by atoms with Crippen LogP contribution in [0, 0.1) is 18.8 Å². The van der Waals surface area contributed by atoms with Gasteiger partial charge in [0.2, 0.25) is 0 Å². The van der Waals surface area contributed by atoms with E-state index < -0.39 is 0 Å². The van der Waals surface area contributed by atoms with E-state index in [1.807, 2.05) is 18.2 Å². The second-order valence-electron chi connectivity index (χ2n) is 6.20. The van der Waals surface area contributed by atoms with Crippen molar-refractivity contribution in [2.45, 2.75) is 33.6 Å². The van der Waals surface area contributed by atoms with Crippen molar-refractivity contribution in [3.05, 3.63) is 41.0 Å². The van der Waals surface area contributed by atoms with Crippen LogP contribution in [0.5, 0.6) is 0 Å². The normalized spacial score (nSPS) is 21.6. The molecule has 1 aliphatic carbocycles. The number of esters is 1. The van der Waals surface area contributed by atoms with Crippen LogP contribution < -0.4 is 5.32 Å². The summed E-state index contributed by atoms with van der Waals surface area (Å²) < 4.78 is 4.78. The van der Waals surface area contributed by atoms with E-state index in [9.17, 15) is 4.79 Å². The van der Waals surface area contributed by atoms with Crippen molar-refractivity contribution in [3.63, 3.8) is 0 Å². The molecular weight excluding hydrogens is 262 g/mol. The quantitative estimate of drug-likeness (QED) is 0.666. The Labute approximate surface area is 127 Å². The summed E-state index contributed by atoms with van der Waals surface area (Å²) in [5.41, 5.74) is 4.26. The molecule has 0 heterocycles. The lowest BCUT2D eigenvalue weighted by Crippen LogP contribution is -2.20. The zero-order chi connectivity index (χ0) is 15.4. The third kappa shape index (κ3) is 4.10. The first-order valence-electron chi connectivity index (χ1n) is 7.59. The number of allylic oxidation sites excluding steroid dienone is 2. The van der Waals surface area contributed by atoms with Gasteiger partial charge in [0.1, 0.15) is 0 Å². The molecule has 1 aromatic rings. The lowest BCUT2D eigenvalue weighted by molar-refractivity contribution is 0.0601. The van der Waals surface area contributed by atoms with Gasteiger partial charge in [0.05, 0.1) is 12.7 Å². The van der Waals surface area contributed by atoms with Gasteiger partial charge in [-0.25, -0.2) is 4.79 Å². The van der Waals surface area contributed by atoms with E-state index in [2.05, 4.69) is 32.2 Å². The van der Waals surface area contributed by atoms with Gasteiger partial charge in [-0.2, -0.15) is 0 Å². The predicted octanol–water partition coefficient (Wildman–Crippen LogP) is 4.19. The number of benzene rings is 1. The number of carbonyl (C=O) groups is 1. The molecule has 2 atom stereocenters. The number of hydrogen-bond acceptors (Lipinski definition) is 3. The molecule has 3 heteroatoms. The predicted molar refractivity (Wildman–Crippen MR) is 86.7 cm³/mol. The van der Waals surface area contributed by atoms with Gasteiger partial charge < -0.3 is 10.1 Å². The molecule has 1 aromatic carbocycles. The molecule has 2 rings (SSSR count). The molecule has 0 fully saturated rings. The fraction of sp³-hybridized carbons (Fsp3) is 0.500. The topological polar surface area (TPSA) is 38.3 Å². The molecule has 1 aliphatic rings. The molecule has 0 saturated heterocycles. The second kappa shape index (κ2) is 6.79. The fourth-order valence-corrected chi connectivity index (χ4v) is 3.15. The van der Waals surface area contributed by atoms with Crippen LogP contribution in [0.2, 0.25) is 0 Å². The average molecular weight is 287 g/mol. The zero-order valence-corrected chi connectivity index (χ0v) is 13.4. The van der Waals surface area contributed by atoms with Gasteiger partial charge in [0, 0.05) is 12.2 Å². The molecule has 0 saturated carbocycles. The number of nitrogens with one attached hydrogen (secondary N) is 1. The SMILES string of the molecule is COC(=O)c1ccc(C)c(NCC2CC(C)=CC(C)C2)c1. The summed E-state index contributed by atoms with van der Waals surface area (Å²) in [5, 5.41) is 3.51. The van der Waals surface area contributed by atoms with Crippen molar-refractivity contribution in [2.24, 2.45) is 11.8 Å². The van der Waals surface area contributed by atoms with E-state index in [1.165, 1.54) is 19.1 Å². The summed E-state index contributed by atoms with van der Waals surface area (Å²) in [4.78, 5) is 11.6. The highest BCUT2D eigenvalue weighted by Crippen LogP contribution is 2.28. The number of ether oxygens (including phenoxy) is 1. The smallest absolute Gasteiger partial charge is 0.337 e. The summed E-state index contributed by atoms with van der Waals surface area (Å²) in [6.45, 7) is 7.49. The Bertz CT molecular complexity index is 548. The number of methoxy groups -OCH3 is 1. The van der Waals surface area contributed by atoms with Gasteiger partial charge in [0.25, 0.3) is 0 Å². The summed E-state index contributed by atoms with van der Waals surface area (Å²) in [6.07, 6.45) is 4.76. The Morgan fingerprint density at radius 3 is 2.81 bits per heavy atom. The molecule has 2 unspecified atom stereocenters. The molecule has 21 heavy (non-hydrogen) atoms. The van der Waals surface area contributed by atoms with Crippen molar-refractivity contribution in [1.82, 2.24) is 0 Å².